The van der Waals surface area contributed by atoms with E-state index in [1.165, 1.54) is 0 Å². The lowest BCUT2D eigenvalue weighted by Crippen LogP contribution is -2.47. The number of hydrogen-bond donors (Lipinski definition) is 5. The Kier molecular flexibility index (Phi) is 11.5. The standard InChI is InChI=1S/C37H42N6O3/c1-26(31-13-7-11-28-9-3-5-12-32(28)31)42-37(45)33(14-8-20-38-24-30-10-4-6-15-34(30)46-2)43-36(44)29-18-16-27(17-19-29)23-39-25-35-40-21-22-41-35/h3-7,9-13,15-19,21-22,26,33,38-39H,8,14,20,23-25H2,1-2H3,(H,40,41)(H,42,45)(H,43,44)/t26?,33-/m0/s1. The van der Waals surface area contributed by atoms with E-state index in [9.17, 15) is 9.59 Å². The fourth-order valence-corrected chi connectivity index (χ4v) is 5.53. The van der Waals surface area contributed by atoms with Crippen LogP contribution in [0, 0.1) is 0 Å². The molecule has 1 unspecified atom stereocenters. The smallest absolute Gasteiger partial charge is 0.251 e. The molecule has 4 aromatic carbocycles. The molecule has 0 aliphatic carbocycles. The van der Waals surface area contributed by atoms with E-state index in [-0.39, 0.29) is 17.9 Å². The van der Waals surface area contributed by atoms with Gasteiger partial charge in [0.1, 0.15) is 17.6 Å². The molecule has 1 heterocycles. The first-order chi connectivity index (χ1) is 22.5. The van der Waals surface area contributed by atoms with Gasteiger partial charge in [0, 0.05) is 36.6 Å². The van der Waals surface area contributed by atoms with Gasteiger partial charge in [0.25, 0.3) is 5.91 Å². The van der Waals surface area contributed by atoms with Gasteiger partial charge in [-0.1, -0.05) is 72.8 Å². The monoisotopic (exact) mass is 618 g/mol. The molecule has 5 N–H and O–H groups in total. The molecule has 0 spiro atoms. The van der Waals surface area contributed by atoms with Crippen molar-refractivity contribution in [2.24, 2.45) is 0 Å². The number of fused-ring (bicyclic) bond motifs is 1. The Bertz CT molecular complexity index is 1700. The Hall–Kier alpha value is -4.99. The zero-order valence-electron chi connectivity index (χ0n) is 26.4. The number of methoxy groups -OCH3 is 1. The van der Waals surface area contributed by atoms with Crippen molar-refractivity contribution < 1.29 is 14.3 Å². The van der Waals surface area contributed by atoms with Crippen LogP contribution in [-0.4, -0.2) is 41.5 Å². The van der Waals surface area contributed by atoms with Gasteiger partial charge in [-0.2, -0.15) is 0 Å². The Morgan fingerprint density at radius 3 is 2.43 bits per heavy atom. The molecule has 0 bridgehead atoms. The van der Waals surface area contributed by atoms with Gasteiger partial charge in [0.05, 0.1) is 19.7 Å². The summed E-state index contributed by atoms with van der Waals surface area (Å²) in [5, 5.41) is 15.2. The third-order valence-corrected chi connectivity index (χ3v) is 8.02. The molecule has 46 heavy (non-hydrogen) atoms. The lowest BCUT2D eigenvalue weighted by atomic mass is 9.99. The van der Waals surface area contributed by atoms with Gasteiger partial charge in [-0.3, -0.25) is 9.59 Å². The Morgan fingerprint density at radius 1 is 0.848 bits per heavy atom. The summed E-state index contributed by atoms with van der Waals surface area (Å²) >= 11 is 0. The lowest BCUT2D eigenvalue weighted by molar-refractivity contribution is -0.123. The van der Waals surface area contributed by atoms with Gasteiger partial charge in [-0.15, -0.1) is 0 Å². The molecule has 0 radical (unpaired) electrons. The Balaban J connectivity index is 1.21. The van der Waals surface area contributed by atoms with E-state index < -0.39 is 6.04 Å². The third kappa shape index (κ3) is 8.80. The zero-order valence-corrected chi connectivity index (χ0v) is 26.4. The summed E-state index contributed by atoms with van der Waals surface area (Å²) in [5.74, 6) is 1.21. The normalized spacial score (nSPS) is 12.4. The molecule has 0 saturated heterocycles. The van der Waals surface area contributed by atoms with Crippen molar-refractivity contribution in [1.82, 2.24) is 31.2 Å². The Labute approximate surface area is 270 Å². The molecule has 9 nitrogen and oxygen atoms in total. The predicted octanol–water partition coefficient (Wildman–Crippen LogP) is 5.41. The predicted molar refractivity (Wildman–Crippen MR) is 181 cm³/mol. The first kappa shape index (κ1) is 32.4. The second-order valence-electron chi connectivity index (χ2n) is 11.3. The summed E-state index contributed by atoms with van der Waals surface area (Å²) in [6.45, 7) is 4.56. The van der Waals surface area contributed by atoms with E-state index in [4.69, 9.17) is 4.74 Å². The molecule has 9 heteroatoms. The maximum Gasteiger partial charge on any atom is 0.251 e. The zero-order chi connectivity index (χ0) is 32.1. The molecule has 1 aromatic heterocycles. The number of imidazole rings is 1. The highest BCUT2D eigenvalue weighted by Crippen LogP contribution is 2.24. The first-order valence-corrected chi connectivity index (χ1v) is 15.7. The largest absolute Gasteiger partial charge is 0.496 e. The van der Waals surface area contributed by atoms with Crippen molar-refractivity contribution in [1.29, 1.82) is 0 Å². The molecule has 0 fully saturated rings. The summed E-state index contributed by atoms with van der Waals surface area (Å²) < 4.78 is 5.45. The molecule has 0 saturated carbocycles. The number of hydrogen-bond acceptors (Lipinski definition) is 6. The number of ether oxygens (including phenoxy) is 1. The van der Waals surface area contributed by atoms with Crippen molar-refractivity contribution in [3.8, 4) is 5.75 Å². The fraction of sp³-hybridized carbons (Fsp3) is 0.270. The number of nitrogens with zero attached hydrogens (tertiary/aromatic N) is 1. The lowest BCUT2D eigenvalue weighted by Gasteiger charge is -2.23. The maximum atomic E-state index is 13.7. The van der Waals surface area contributed by atoms with Crippen LogP contribution in [0.1, 0.15) is 58.7 Å². The minimum absolute atomic E-state index is 0.211. The quantitative estimate of drug-likeness (QED) is 0.0944. The van der Waals surface area contributed by atoms with Crippen LogP contribution >= 0.6 is 0 Å². The second-order valence-corrected chi connectivity index (χ2v) is 11.3. The number of carbonyl (C=O) groups is 2. The van der Waals surface area contributed by atoms with Crippen LogP contribution in [0.2, 0.25) is 0 Å². The highest BCUT2D eigenvalue weighted by molar-refractivity contribution is 5.97. The third-order valence-electron chi connectivity index (χ3n) is 8.02. The number of aromatic nitrogens is 2. The number of para-hydroxylation sites is 1. The summed E-state index contributed by atoms with van der Waals surface area (Å²) in [7, 11) is 1.66. The minimum Gasteiger partial charge on any atom is -0.496 e. The maximum absolute atomic E-state index is 13.7. The van der Waals surface area contributed by atoms with Crippen molar-refractivity contribution in [3.05, 3.63) is 131 Å². The van der Waals surface area contributed by atoms with Crippen LogP contribution in [-0.2, 0) is 24.4 Å². The van der Waals surface area contributed by atoms with Gasteiger partial charge in [0.15, 0.2) is 0 Å². The van der Waals surface area contributed by atoms with E-state index >= 15 is 0 Å². The van der Waals surface area contributed by atoms with E-state index in [0.29, 0.717) is 44.6 Å². The number of aromatic amines is 1. The molecule has 2 amide bonds. The van der Waals surface area contributed by atoms with Gasteiger partial charge in [-0.25, -0.2) is 4.98 Å². The Morgan fingerprint density at radius 2 is 1.63 bits per heavy atom. The van der Waals surface area contributed by atoms with Crippen LogP contribution < -0.4 is 26.0 Å². The van der Waals surface area contributed by atoms with E-state index in [1.54, 1.807) is 31.6 Å². The van der Waals surface area contributed by atoms with Gasteiger partial charge >= 0.3 is 0 Å². The van der Waals surface area contributed by atoms with E-state index in [2.05, 4.69) is 49.4 Å². The number of H-pyrrole nitrogens is 1. The summed E-state index contributed by atoms with van der Waals surface area (Å²) in [6, 6.07) is 28.6. The number of amides is 2. The molecule has 5 aromatic rings. The highest BCUT2D eigenvalue weighted by atomic mass is 16.5. The molecule has 0 aliphatic rings. The summed E-state index contributed by atoms with van der Waals surface area (Å²) in [6.07, 6.45) is 4.69. The van der Waals surface area contributed by atoms with Crippen molar-refractivity contribution in [2.45, 2.75) is 51.5 Å². The molecule has 238 valence electrons. The molecule has 2 atom stereocenters. The van der Waals surface area contributed by atoms with Crippen LogP contribution in [0.15, 0.2) is 103 Å². The molecular weight excluding hydrogens is 576 g/mol. The van der Waals surface area contributed by atoms with Crippen molar-refractivity contribution in [2.75, 3.05) is 13.7 Å². The number of rotatable bonds is 16. The second kappa shape index (κ2) is 16.4. The SMILES string of the molecule is COc1ccccc1CNCCC[C@H](NC(=O)c1ccc(CNCc2ncc[nH]2)cc1)C(=O)NC(C)c1cccc2ccccc12. The average molecular weight is 619 g/mol. The number of carbonyl (C=O) groups excluding carboxylic acids is 2. The van der Waals surface area contributed by atoms with Gasteiger partial charge < -0.3 is 31.0 Å². The average Bonchev–Trinajstić information content (AvgIpc) is 3.61. The number of nitrogens with one attached hydrogen (secondary N) is 5. The summed E-state index contributed by atoms with van der Waals surface area (Å²) in [4.78, 5) is 34.3. The van der Waals surface area contributed by atoms with Crippen LogP contribution in [0.25, 0.3) is 10.8 Å². The molecule has 0 aliphatic heterocycles. The van der Waals surface area contributed by atoms with Crippen molar-refractivity contribution in [3.63, 3.8) is 0 Å². The fourth-order valence-electron chi connectivity index (χ4n) is 5.53. The van der Waals surface area contributed by atoms with Crippen LogP contribution in [0.4, 0.5) is 0 Å². The van der Waals surface area contributed by atoms with Crippen molar-refractivity contribution >= 4 is 22.6 Å². The first-order valence-electron chi connectivity index (χ1n) is 15.7. The summed E-state index contributed by atoms with van der Waals surface area (Å²) in [5.41, 5.74) is 3.65. The van der Waals surface area contributed by atoms with Gasteiger partial charge in [0.2, 0.25) is 5.91 Å². The van der Waals surface area contributed by atoms with Crippen LogP contribution in [0.5, 0.6) is 5.75 Å². The molecular formula is C37H42N6O3. The molecule has 5 rings (SSSR count). The van der Waals surface area contributed by atoms with E-state index in [0.717, 1.165) is 39.0 Å². The number of benzene rings is 4. The topological polar surface area (TPSA) is 120 Å². The highest BCUT2D eigenvalue weighted by Gasteiger charge is 2.23. The van der Waals surface area contributed by atoms with E-state index in [1.807, 2.05) is 67.6 Å². The van der Waals surface area contributed by atoms with Gasteiger partial charge in [-0.05, 0) is 66.4 Å². The minimum atomic E-state index is -0.701. The van der Waals surface area contributed by atoms with Crippen LogP contribution in [0.3, 0.4) is 0 Å².